The third-order valence-corrected chi connectivity index (χ3v) is 5.76. The molecule has 0 fully saturated rings. The van der Waals surface area contributed by atoms with Gasteiger partial charge in [-0.1, -0.05) is 51.8 Å². The summed E-state index contributed by atoms with van der Waals surface area (Å²) in [6.45, 7) is 0.654. The number of carbonyl (C=O) groups excluding carboxylic acids is 2. The number of thiophene rings is 1. The lowest BCUT2D eigenvalue weighted by molar-refractivity contribution is 0.0929. The molecule has 0 spiro atoms. The summed E-state index contributed by atoms with van der Waals surface area (Å²) in [6.07, 6.45) is 0. The lowest BCUT2D eigenvalue weighted by Gasteiger charge is -2.07. The van der Waals surface area contributed by atoms with Crippen molar-refractivity contribution in [1.29, 1.82) is 0 Å². The molecule has 3 rings (SSSR count). The van der Waals surface area contributed by atoms with Crippen LogP contribution in [0.4, 0.5) is 0 Å². The molecular weight excluding hydrogens is 448 g/mol. The Labute approximate surface area is 174 Å². The zero-order valence-electron chi connectivity index (χ0n) is 14.2. The zero-order valence-corrected chi connectivity index (χ0v) is 17.3. The Hall–Kier alpha value is -2.15. The Kier molecular flexibility index (Phi) is 6.66. The lowest BCUT2D eigenvalue weighted by atomic mass is 10.2. The molecule has 0 saturated heterocycles. The van der Waals surface area contributed by atoms with Gasteiger partial charge >= 0.3 is 0 Å². The van der Waals surface area contributed by atoms with E-state index < -0.39 is 0 Å². The van der Waals surface area contributed by atoms with Crippen LogP contribution in [0.15, 0.2) is 65.1 Å². The van der Waals surface area contributed by atoms with Crippen LogP contribution < -0.4 is 10.6 Å². The quantitative estimate of drug-likeness (QED) is 0.506. The Morgan fingerprint density at radius 3 is 2.26 bits per heavy atom. The van der Waals surface area contributed by atoms with Crippen LogP contribution in [-0.2, 0) is 0 Å². The summed E-state index contributed by atoms with van der Waals surface area (Å²) >= 11 is 10.8. The van der Waals surface area contributed by atoms with Crippen molar-refractivity contribution in [2.45, 2.75) is 0 Å². The van der Waals surface area contributed by atoms with Crippen molar-refractivity contribution in [2.24, 2.45) is 0 Å². The fourth-order valence-corrected chi connectivity index (χ4v) is 3.82. The van der Waals surface area contributed by atoms with Gasteiger partial charge in [0.05, 0.1) is 15.5 Å². The number of hydrogen-bond acceptors (Lipinski definition) is 3. The van der Waals surface area contributed by atoms with Crippen molar-refractivity contribution < 1.29 is 9.59 Å². The van der Waals surface area contributed by atoms with Crippen LogP contribution in [0, 0.1) is 0 Å². The van der Waals surface area contributed by atoms with Crippen LogP contribution in [0.25, 0.3) is 10.4 Å². The molecule has 2 aromatic carbocycles. The number of amides is 2. The molecule has 0 aliphatic heterocycles. The average molecular weight is 464 g/mol. The van der Waals surface area contributed by atoms with E-state index >= 15 is 0 Å². The highest BCUT2D eigenvalue weighted by Crippen LogP contribution is 2.29. The van der Waals surface area contributed by atoms with Gasteiger partial charge in [0, 0.05) is 22.4 Å². The molecule has 2 N–H and O–H groups in total. The van der Waals surface area contributed by atoms with Crippen LogP contribution in [0.3, 0.4) is 0 Å². The van der Waals surface area contributed by atoms with Gasteiger partial charge in [-0.25, -0.2) is 0 Å². The third kappa shape index (κ3) is 5.19. The maximum atomic E-state index is 12.3. The number of carbonyl (C=O) groups is 2. The Bertz CT molecular complexity index is 957. The molecule has 0 saturated carbocycles. The van der Waals surface area contributed by atoms with Crippen molar-refractivity contribution >= 4 is 50.7 Å². The lowest BCUT2D eigenvalue weighted by Crippen LogP contribution is -2.34. The third-order valence-electron chi connectivity index (χ3n) is 3.77. The van der Waals surface area contributed by atoms with Crippen LogP contribution >= 0.6 is 38.9 Å². The first kappa shape index (κ1) is 19.6. The molecule has 0 atom stereocenters. The molecular formula is C20H16BrClN2O2S. The second-order valence-electron chi connectivity index (χ2n) is 5.66. The Morgan fingerprint density at radius 2 is 1.56 bits per heavy atom. The normalized spacial score (nSPS) is 10.4. The van der Waals surface area contributed by atoms with E-state index in [2.05, 4.69) is 26.6 Å². The van der Waals surface area contributed by atoms with Crippen LogP contribution in [0.5, 0.6) is 0 Å². The molecule has 0 unspecified atom stereocenters. The van der Waals surface area contributed by atoms with Gasteiger partial charge in [-0.2, -0.15) is 0 Å². The van der Waals surface area contributed by atoms with Gasteiger partial charge in [-0.15, -0.1) is 11.3 Å². The van der Waals surface area contributed by atoms with Gasteiger partial charge in [-0.3, -0.25) is 9.59 Å². The monoisotopic (exact) mass is 462 g/mol. The summed E-state index contributed by atoms with van der Waals surface area (Å²) in [4.78, 5) is 26.0. The molecule has 7 heteroatoms. The van der Waals surface area contributed by atoms with Crippen molar-refractivity contribution in [2.75, 3.05) is 13.1 Å². The summed E-state index contributed by atoms with van der Waals surface area (Å²) in [5, 5.41) is 5.96. The summed E-state index contributed by atoms with van der Waals surface area (Å²) < 4.78 is 1.01. The predicted molar refractivity (Wildman–Crippen MR) is 114 cm³/mol. The molecule has 0 aliphatic carbocycles. The summed E-state index contributed by atoms with van der Waals surface area (Å²) in [7, 11) is 0. The highest BCUT2D eigenvalue weighted by Gasteiger charge is 2.11. The highest BCUT2D eigenvalue weighted by molar-refractivity contribution is 9.10. The fourth-order valence-electron chi connectivity index (χ4n) is 2.41. The minimum absolute atomic E-state index is 0.157. The minimum Gasteiger partial charge on any atom is -0.350 e. The molecule has 4 nitrogen and oxygen atoms in total. The van der Waals surface area contributed by atoms with Gasteiger partial charge in [0.2, 0.25) is 0 Å². The standard InChI is InChI=1S/C20H16BrClN2O2S/c21-14-7-5-13(6-8-14)17-9-10-18(27-17)20(26)24-12-11-23-19(25)15-3-1-2-4-16(15)22/h1-10H,11-12H2,(H,23,25)(H,24,26). The van der Waals surface area contributed by atoms with Crippen LogP contribution in [-0.4, -0.2) is 24.9 Å². The molecule has 138 valence electrons. The Morgan fingerprint density at radius 1 is 0.889 bits per heavy atom. The van der Waals surface area contributed by atoms with Crippen molar-refractivity contribution in [3.8, 4) is 10.4 Å². The first-order chi connectivity index (χ1) is 13.0. The molecule has 1 heterocycles. The van der Waals surface area contributed by atoms with Crippen LogP contribution in [0.2, 0.25) is 5.02 Å². The molecule has 2 amide bonds. The summed E-state index contributed by atoms with van der Waals surface area (Å²) in [5.74, 6) is -0.418. The molecule has 1 aromatic heterocycles. The minimum atomic E-state index is -0.261. The largest absolute Gasteiger partial charge is 0.350 e. The van der Waals surface area contributed by atoms with Crippen molar-refractivity contribution in [3.63, 3.8) is 0 Å². The molecule has 0 radical (unpaired) electrons. The van der Waals surface area contributed by atoms with Gasteiger partial charge < -0.3 is 10.6 Å². The second-order valence-corrected chi connectivity index (χ2v) is 8.07. The SMILES string of the molecule is O=C(NCCNC(=O)c1ccccc1Cl)c1ccc(-c2ccc(Br)cc2)s1. The predicted octanol–water partition coefficient (Wildman–Crippen LogP) is 4.99. The zero-order chi connectivity index (χ0) is 19.2. The summed E-state index contributed by atoms with van der Waals surface area (Å²) in [6, 6.07) is 18.5. The number of halogens is 2. The van der Waals surface area contributed by atoms with Crippen molar-refractivity contribution in [3.05, 3.63) is 80.6 Å². The van der Waals surface area contributed by atoms with E-state index in [-0.39, 0.29) is 11.8 Å². The molecule has 27 heavy (non-hydrogen) atoms. The first-order valence-electron chi connectivity index (χ1n) is 8.21. The number of rotatable bonds is 6. The maximum Gasteiger partial charge on any atom is 0.261 e. The Balaban J connectivity index is 1.49. The topological polar surface area (TPSA) is 58.2 Å². The smallest absolute Gasteiger partial charge is 0.261 e. The van der Waals surface area contributed by atoms with Crippen LogP contribution in [0.1, 0.15) is 20.0 Å². The summed E-state index contributed by atoms with van der Waals surface area (Å²) in [5.41, 5.74) is 1.48. The van der Waals surface area contributed by atoms with Gasteiger partial charge in [-0.05, 0) is 42.0 Å². The van der Waals surface area contributed by atoms with Gasteiger partial charge in [0.1, 0.15) is 0 Å². The maximum absolute atomic E-state index is 12.3. The van der Waals surface area contributed by atoms with E-state index in [0.29, 0.717) is 28.6 Å². The molecule has 0 bridgehead atoms. The van der Waals surface area contributed by atoms with Gasteiger partial charge in [0.25, 0.3) is 11.8 Å². The number of benzene rings is 2. The van der Waals surface area contributed by atoms with E-state index in [1.165, 1.54) is 11.3 Å². The molecule has 3 aromatic rings. The first-order valence-corrected chi connectivity index (χ1v) is 10.2. The van der Waals surface area contributed by atoms with E-state index in [9.17, 15) is 9.59 Å². The molecule has 0 aliphatic rings. The van der Waals surface area contributed by atoms with E-state index in [1.54, 1.807) is 30.3 Å². The highest BCUT2D eigenvalue weighted by atomic mass is 79.9. The van der Waals surface area contributed by atoms with Gasteiger partial charge in [0.15, 0.2) is 0 Å². The van der Waals surface area contributed by atoms with E-state index in [1.807, 2.05) is 30.3 Å². The van der Waals surface area contributed by atoms with E-state index in [4.69, 9.17) is 11.6 Å². The second kappa shape index (κ2) is 9.17. The number of hydrogen-bond donors (Lipinski definition) is 2. The van der Waals surface area contributed by atoms with Crippen molar-refractivity contribution in [1.82, 2.24) is 10.6 Å². The fraction of sp³-hybridized carbons (Fsp3) is 0.100. The number of nitrogens with one attached hydrogen (secondary N) is 2. The van der Waals surface area contributed by atoms with E-state index in [0.717, 1.165) is 14.9 Å². The average Bonchev–Trinajstić information content (AvgIpc) is 3.16.